The van der Waals surface area contributed by atoms with Crippen molar-refractivity contribution in [1.82, 2.24) is 19.8 Å². The fourth-order valence-corrected chi connectivity index (χ4v) is 5.91. The number of hydrogen-bond donors (Lipinski definition) is 2. The minimum absolute atomic E-state index is 0.0573. The normalized spacial score (nSPS) is 17.9. The number of ether oxygens (including phenoxy) is 2. The fraction of sp³-hybridized carbons (Fsp3) is 0.567. The van der Waals surface area contributed by atoms with Crippen LogP contribution in [0.25, 0.3) is 0 Å². The molecule has 1 saturated heterocycles. The third kappa shape index (κ3) is 9.85. The number of benzene rings is 2. The summed E-state index contributed by atoms with van der Waals surface area (Å²) in [6.45, 7) is 4.97. The lowest BCUT2D eigenvalue weighted by molar-refractivity contribution is 0.0923. The smallest absolute Gasteiger partial charge is 0.317 e. The Morgan fingerprint density at radius 3 is 2.20 bits per heavy atom. The fourth-order valence-electron chi connectivity index (χ4n) is 5.63. The molecular formula is C30H43N4O5S-. The van der Waals surface area contributed by atoms with Crippen LogP contribution in [-0.2, 0) is 29.1 Å². The number of carbonyl (C=O) groups excluding carboxylic acids is 1. The van der Waals surface area contributed by atoms with E-state index in [2.05, 4.69) is 27.1 Å². The highest BCUT2D eigenvalue weighted by atomic mass is 32.2. The summed E-state index contributed by atoms with van der Waals surface area (Å²) in [6, 6.07) is 15.8. The zero-order valence-electron chi connectivity index (χ0n) is 23.5. The lowest BCUT2D eigenvalue weighted by Gasteiger charge is -2.38. The molecule has 2 aliphatic rings. The van der Waals surface area contributed by atoms with Crippen LogP contribution in [-0.4, -0.2) is 70.5 Å². The Morgan fingerprint density at radius 1 is 0.975 bits per heavy atom. The van der Waals surface area contributed by atoms with Gasteiger partial charge in [0.1, 0.15) is 11.5 Å². The maximum absolute atomic E-state index is 13.1. The van der Waals surface area contributed by atoms with Gasteiger partial charge in [0.05, 0.1) is 6.61 Å². The minimum atomic E-state index is -2.28. The number of rotatable bonds is 13. The van der Waals surface area contributed by atoms with E-state index in [0.717, 1.165) is 50.3 Å². The van der Waals surface area contributed by atoms with Crippen LogP contribution >= 0.6 is 0 Å². The van der Waals surface area contributed by atoms with Gasteiger partial charge in [0.2, 0.25) is 0 Å². The van der Waals surface area contributed by atoms with Gasteiger partial charge in [-0.15, -0.1) is 0 Å². The van der Waals surface area contributed by atoms with Crippen LogP contribution in [0.1, 0.15) is 56.1 Å². The molecule has 1 aliphatic carbocycles. The maximum Gasteiger partial charge on any atom is 0.317 e. The van der Waals surface area contributed by atoms with Crippen LogP contribution in [0.15, 0.2) is 48.5 Å². The zero-order chi connectivity index (χ0) is 28.2. The van der Waals surface area contributed by atoms with E-state index in [0.29, 0.717) is 24.8 Å². The van der Waals surface area contributed by atoms with Gasteiger partial charge in [0, 0.05) is 63.7 Å². The molecule has 9 nitrogen and oxygen atoms in total. The zero-order valence-corrected chi connectivity index (χ0v) is 24.3. The van der Waals surface area contributed by atoms with Crippen LogP contribution in [0.5, 0.6) is 11.5 Å². The Hall–Kier alpha value is -2.50. The van der Waals surface area contributed by atoms with Gasteiger partial charge in [-0.3, -0.25) is 9.11 Å². The number of nitrogens with zero attached hydrogens (tertiary/aromatic N) is 2. The summed E-state index contributed by atoms with van der Waals surface area (Å²) >= 11 is -2.28. The summed E-state index contributed by atoms with van der Waals surface area (Å²) in [6.07, 6.45) is 8.26. The molecule has 1 saturated carbocycles. The number of methoxy groups -OCH3 is 1. The first-order valence-electron chi connectivity index (χ1n) is 14.4. The molecule has 0 spiro atoms. The van der Waals surface area contributed by atoms with E-state index in [-0.39, 0.29) is 18.6 Å². The van der Waals surface area contributed by atoms with Crippen LogP contribution in [0.2, 0.25) is 0 Å². The molecular weight excluding hydrogens is 528 g/mol. The van der Waals surface area contributed by atoms with Gasteiger partial charge in [-0.25, -0.2) is 9.52 Å². The number of hydrogen-bond acceptors (Lipinski definition) is 6. The lowest BCUT2D eigenvalue weighted by Crippen LogP contribution is -2.52. The van der Waals surface area contributed by atoms with E-state index >= 15 is 0 Å². The van der Waals surface area contributed by atoms with Gasteiger partial charge in [-0.1, -0.05) is 43.5 Å². The quantitative estimate of drug-likeness (QED) is 0.342. The SMILES string of the molecule is COCCN(C(=O)NCC1CCCCC1)C1CCN(Cc2ccc(Oc3ccc(CNS(=O)[O-])cc3)cc2)CC1. The first kappa shape index (κ1) is 30.5. The van der Waals surface area contributed by atoms with E-state index in [9.17, 15) is 13.6 Å². The average molecular weight is 572 g/mol. The van der Waals surface area contributed by atoms with Gasteiger partial charge in [0.25, 0.3) is 0 Å². The summed E-state index contributed by atoms with van der Waals surface area (Å²) in [4.78, 5) is 17.6. The van der Waals surface area contributed by atoms with Crippen LogP contribution in [0.4, 0.5) is 4.79 Å². The molecule has 0 radical (unpaired) electrons. The highest BCUT2D eigenvalue weighted by Gasteiger charge is 2.28. The predicted molar refractivity (Wildman–Crippen MR) is 156 cm³/mol. The summed E-state index contributed by atoms with van der Waals surface area (Å²) in [5.74, 6) is 2.07. The lowest BCUT2D eigenvalue weighted by atomic mass is 9.89. The Labute approximate surface area is 241 Å². The molecule has 2 amide bonds. The molecule has 10 heteroatoms. The minimum Gasteiger partial charge on any atom is -0.760 e. The van der Waals surface area contributed by atoms with Gasteiger partial charge in [-0.2, -0.15) is 0 Å². The second kappa shape index (κ2) is 16.1. The van der Waals surface area contributed by atoms with Crippen molar-refractivity contribution in [3.8, 4) is 11.5 Å². The highest BCUT2D eigenvalue weighted by Crippen LogP contribution is 2.25. The molecule has 1 unspecified atom stereocenters. The van der Waals surface area contributed by atoms with Gasteiger partial charge >= 0.3 is 6.03 Å². The van der Waals surface area contributed by atoms with E-state index in [1.807, 2.05) is 41.3 Å². The summed E-state index contributed by atoms with van der Waals surface area (Å²) in [5.41, 5.74) is 2.08. The average Bonchev–Trinajstić information content (AvgIpc) is 2.98. The summed E-state index contributed by atoms with van der Waals surface area (Å²) < 4.78 is 34.9. The van der Waals surface area contributed by atoms with Crippen LogP contribution in [0.3, 0.4) is 0 Å². The van der Waals surface area contributed by atoms with Crippen LogP contribution in [0, 0.1) is 5.92 Å². The van der Waals surface area contributed by atoms with Crippen molar-refractivity contribution >= 4 is 17.3 Å². The number of carbonyl (C=O) groups is 1. The molecule has 1 aliphatic heterocycles. The van der Waals surface area contributed by atoms with Gasteiger partial charge in [-0.05, 0) is 67.0 Å². The predicted octanol–water partition coefficient (Wildman–Crippen LogP) is 4.57. The largest absolute Gasteiger partial charge is 0.760 e. The van der Waals surface area contributed by atoms with E-state index in [1.165, 1.54) is 37.7 Å². The molecule has 2 fully saturated rings. The van der Waals surface area contributed by atoms with E-state index in [4.69, 9.17) is 9.47 Å². The Balaban J connectivity index is 1.22. The van der Waals surface area contributed by atoms with Gasteiger partial charge < -0.3 is 24.2 Å². The standard InChI is InChI=1S/C30H44N4O5S/c1-38-20-19-34(30(35)31-21-24-5-3-2-4-6-24)27-15-17-33(18-16-27)23-26-9-13-29(14-10-26)39-28-11-7-25(8-12-28)22-32-40(36)37/h7-14,24,27,32H,2-6,15-23H2,1H3,(H,31,35)(H,36,37)/p-1. The molecule has 220 valence electrons. The number of nitrogens with one attached hydrogen (secondary N) is 2. The monoisotopic (exact) mass is 571 g/mol. The number of likely N-dealkylation sites (tertiary alicyclic amines) is 1. The summed E-state index contributed by atoms with van der Waals surface area (Å²) in [7, 11) is 1.69. The molecule has 2 N–H and O–H groups in total. The van der Waals surface area contributed by atoms with Crippen molar-refractivity contribution in [2.24, 2.45) is 5.92 Å². The Morgan fingerprint density at radius 2 is 1.60 bits per heavy atom. The third-order valence-electron chi connectivity index (χ3n) is 7.94. The molecule has 1 atom stereocenters. The maximum atomic E-state index is 13.1. The van der Waals surface area contributed by atoms with Crippen molar-refractivity contribution < 1.29 is 23.0 Å². The molecule has 4 rings (SSSR count). The van der Waals surface area contributed by atoms with E-state index in [1.54, 1.807) is 7.11 Å². The topological polar surface area (TPSA) is 106 Å². The molecule has 2 aromatic carbocycles. The Kier molecular flexibility index (Phi) is 12.2. The Bertz CT molecular complexity index is 1050. The molecule has 2 aromatic rings. The summed E-state index contributed by atoms with van der Waals surface area (Å²) in [5, 5.41) is 3.23. The number of urea groups is 1. The number of piperidine rings is 1. The van der Waals surface area contributed by atoms with Crippen LogP contribution < -0.4 is 14.8 Å². The first-order chi connectivity index (χ1) is 19.5. The van der Waals surface area contributed by atoms with Gasteiger partial charge in [0.15, 0.2) is 0 Å². The second-order valence-corrected chi connectivity index (χ2v) is 11.6. The third-order valence-corrected chi connectivity index (χ3v) is 8.32. The highest BCUT2D eigenvalue weighted by molar-refractivity contribution is 7.77. The van der Waals surface area contributed by atoms with Crippen molar-refractivity contribution in [2.45, 2.75) is 64.1 Å². The first-order valence-corrected chi connectivity index (χ1v) is 15.5. The van der Waals surface area contributed by atoms with E-state index < -0.39 is 11.3 Å². The van der Waals surface area contributed by atoms with Crippen molar-refractivity contribution in [2.75, 3.05) is 39.9 Å². The molecule has 40 heavy (non-hydrogen) atoms. The second-order valence-electron chi connectivity index (χ2n) is 10.8. The van der Waals surface area contributed by atoms with Crippen molar-refractivity contribution in [1.29, 1.82) is 0 Å². The number of amides is 2. The van der Waals surface area contributed by atoms with Crippen molar-refractivity contribution in [3.05, 3.63) is 59.7 Å². The van der Waals surface area contributed by atoms with Crippen molar-refractivity contribution in [3.63, 3.8) is 0 Å². The molecule has 0 aromatic heterocycles. The molecule has 1 heterocycles. The molecule has 0 bridgehead atoms.